The fraction of sp³-hybridized carbons (Fsp3) is 1.00. The summed E-state index contributed by atoms with van der Waals surface area (Å²) in [5.41, 5.74) is 0. The number of nitrogens with one attached hydrogen (secondary N) is 1. The summed E-state index contributed by atoms with van der Waals surface area (Å²) < 4.78 is 0. The van der Waals surface area contributed by atoms with E-state index in [4.69, 9.17) is 0 Å². The number of nitrogens with zero attached hydrogens (tertiary/aromatic N) is 1. The lowest BCUT2D eigenvalue weighted by molar-refractivity contribution is 0.186. The smallest absolute Gasteiger partial charge is 0.00767 e. The molecule has 0 aromatic heterocycles. The molecule has 0 radical (unpaired) electrons. The van der Waals surface area contributed by atoms with Crippen LogP contribution < -0.4 is 5.32 Å². The molecule has 0 aromatic rings. The van der Waals surface area contributed by atoms with E-state index in [0.717, 1.165) is 17.9 Å². The van der Waals surface area contributed by atoms with Crippen LogP contribution in [-0.2, 0) is 0 Å². The molecule has 18 heavy (non-hydrogen) atoms. The van der Waals surface area contributed by atoms with Crippen molar-refractivity contribution < 1.29 is 0 Å². The third kappa shape index (κ3) is 4.55. The highest BCUT2D eigenvalue weighted by Gasteiger charge is 2.20. The largest absolute Gasteiger partial charge is 0.314 e. The molecule has 2 nitrogen and oxygen atoms in total. The fourth-order valence-corrected chi connectivity index (χ4v) is 3.62. The Labute approximate surface area is 114 Å². The van der Waals surface area contributed by atoms with Gasteiger partial charge in [-0.15, -0.1) is 0 Å². The minimum Gasteiger partial charge on any atom is -0.314 e. The predicted molar refractivity (Wildman–Crippen MR) is 78.9 cm³/mol. The lowest BCUT2D eigenvalue weighted by atomic mass is 10.0. The first-order chi connectivity index (χ1) is 8.78. The maximum atomic E-state index is 3.71. The van der Waals surface area contributed by atoms with Gasteiger partial charge in [-0.05, 0) is 50.7 Å². The zero-order valence-corrected chi connectivity index (χ0v) is 12.5. The zero-order chi connectivity index (χ0) is 12.8. The molecule has 0 bridgehead atoms. The van der Waals surface area contributed by atoms with Gasteiger partial charge >= 0.3 is 0 Å². The molecular weight excluding hydrogens is 220 g/mol. The number of hydrogen-bond donors (Lipinski definition) is 1. The molecule has 1 saturated carbocycles. The van der Waals surface area contributed by atoms with Gasteiger partial charge in [-0.2, -0.15) is 0 Å². The van der Waals surface area contributed by atoms with Crippen LogP contribution >= 0.6 is 0 Å². The first kappa shape index (κ1) is 14.3. The fourth-order valence-electron chi connectivity index (χ4n) is 3.62. The van der Waals surface area contributed by atoms with E-state index in [1.165, 1.54) is 71.1 Å². The van der Waals surface area contributed by atoms with Crippen LogP contribution in [0.2, 0.25) is 0 Å². The summed E-state index contributed by atoms with van der Waals surface area (Å²) in [5.74, 6) is 1.86. The van der Waals surface area contributed by atoms with Crippen molar-refractivity contribution in [3.05, 3.63) is 0 Å². The maximum Gasteiger partial charge on any atom is 0.00767 e. The standard InChI is InChI=1S/C16H32N2/c1-3-16-9-11-18(13-14(2)12-17-16)10-8-15-6-4-5-7-15/h14-17H,3-13H2,1-2H3. The minimum absolute atomic E-state index is 0.752. The molecule has 1 saturated heterocycles. The van der Waals surface area contributed by atoms with E-state index >= 15 is 0 Å². The van der Waals surface area contributed by atoms with Crippen molar-refractivity contribution in [3.8, 4) is 0 Å². The van der Waals surface area contributed by atoms with Crippen molar-refractivity contribution in [2.75, 3.05) is 26.2 Å². The lowest BCUT2D eigenvalue weighted by Gasteiger charge is -2.32. The summed E-state index contributed by atoms with van der Waals surface area (Å²) >= 11 is 0. The van der Waals surface area contributed by atoms with Crippen LogP contribution in [0.15, 0.2) is 0 Å². The van der Waals surface area contributed by atoms with Gasteiger partial charge in [0, 0.05) is 12.6 Å². The van der Waals surface area contributed by atoms with E-state index < -0.39 is 0 Å². The average molecular weight is 252 g/mol. The first-order valence-corrected chi connectivity index (χ1v) is 8.23. The summed E-state index contributed by atoms with van der Waals surface area (Å²) in [4.78, 5) is 2.74. The molecule has 2 fully saturated rings. The second kappa shape index (κ2) is 7.49. The van der Waals surface area contributed by atoms with Crippen molar-refractivity contribution in [3.63, 3.8) is 0 Å². The lowest BCUT2D eigenvalue weighted by Crippen LogP contribution is -2.43. The topological polar surface area (TPSA) is 15.3 Å². The Morgan fingerprint density at radius 1 is 1.17 bits per heavy atom. The van der Waals surface area contributed by atoms with Crippen LogP contribution in [0.1, 0.15) is 58.8 Å². The van der Waals surface area contributed by atoms with Crippen LogP contribution in [0.25, 0.3) is 0 Å². The molecule has 1 N–H and O–H groups in total. The third-order valence-corrected chi connectivity index (χ3v) is 4.94. The van der Waals surface area contributed by atoms with Crippen LogP contribution in [0.5, 0.6) is 0 Å². The Kier molecular flexibility index (Phi) is 5.97. The van der Waals surface area contributed by atoms with Crippen molar-refractivity contribution in [2.45, 2.75) is 64.8 Å². The Morgan fingerprint density at radius 2 is 1.94 bits per heavy atom. The van der Waals surface area contributed by atoms with Crippen molar-refractivity contribution in [2.24, 2.45) is 11.8 Å². The van der Waals surface area contributed by atoms with E-state index in [0.29, 0.717) is 0 Å². The first-order valence-electron chi connectivity index (χ1n) is 8.23. The van der Waals surface area contributed by atoms with Gasteiger partial charge in [0.05, 0.1) is 0 Å². The molecule has 2 atom stereocenters. The van der Waals surface area contributed by atoms with E-state index in [9.17, 15) is 0 Å². The molecule has 2 aliphatic rings. The van der Waals surface area contributed by atoms with Crippen molar-refractivity contribution >= 4 is 0 Å². The van der Waals surface area contributed by atoms with Crippen LogP contribution in [-0.4, -0.2) is 37.1 Å². The molecule has 2 unspecified atom stereocenters. The summed E-state index contributed by atoms with van der Waals surface area (Å²) in [7, 11) is 0. The van der Waals surface area contributed by atoms with E-state index in [1.807, 2.05) is 0 Å². The molecule has 1 aliphatic heterocycles. The molecule has 0 amide bonds. The molecular formula is C16H32N2. The van der Waals surface area contributed by atoms with Gasteiger partial charge in [0.25, 0.3) is 0 Å². The van der Waals surface area contributed by atoms with Crippen molar-refractivity contribution in [1.82, 2.24) is 10.2 Å². The van der Waals surface area contributed by atoms with E-state index in [-0.39, 0.29) is 0 Å². The zero-order valence-electron chi connectivity index (χ0n) is 12.5. The van der Waals surface area contributed by atoms with Gasteiger partial charge in [-0.1, -0.05) is 39.5 Å². The van der Waals surface area contributed by atoms with Gasteiger partial charge in [0.15, 0.2) is 0 Å². The molecule has 0 aromatic carbocycles. The maximum absolute atomic E-state index is 3.71. The molecule has 0 spiro atoms. The second-order valence-electron chi connectivity index (χ2n) is 6.65. The SMILES string of the molecule is CCC1CCN(CCC2CCCC2)CC(C)CN1. The normalized spacial score (nSPS) is 32.3. The molecule has 1 aliphatic carbocycles. The summed E-state index contributed by atoms with van der Waals surface area (Å²) in [6, 6.07) is 0.752. The molecule has 106 valence electrons. The van der Waals surface area contributed by atoms with Crippen LogP contribution in [0.4, 0.5) is 0 Å². The highest BCUT2D eigenvalue weighted by molar-refractivity contribution is 4.77. The van der Waals surface area contributed by atoms with E-state index in [2.05, 4.69) is 24.1 Å². The quantitative estimate of drug-likeness (QED) is 0.826. The van der Waals surface area contributed by atoms with Gasteiger partial charge in [0.1, 0.15) is 0 Å². The summed E-state index contributed by atoms with van der Waals surface area (Å²) in [6.45, 7) is 9.88. The molecule has 2 rings (SSSR count). The number of rotatable bonds is 4. The highest BCUT2D eigenvalue weighted by Crippen LogP contribution is 2.27. The number of hydrogen-bond acceptors (Lipinski definition) is 2. The minimum atomic E-state index is 0.752. The van der Waals surface area contributed by atoms with Gasteiger partial charge < -0.3 is 10.2 Å². The molecule has 2 heteroatoms. The molecule has 1 heterocycles. The Bertz CT molecular complexity index is 223. The average Bonchev–Trinajstić information content (AvgIpc) is 2.86. The van der Waals surface area contributed by atoms with Gasteiger partial charge in [-0.25, -0.2) is 0 Å². The van der Waals surface area contributed by atoms with Crippen molar-refractivity contribution in [1.29, 1.82) is 0 Å². The highest BCUT2D eigenvalue weighted by atomic mass is 15.1. The van der Waals surface area contributed by atoms with Crippen LogP contribution in [0, 0.1) is 11.8 Å². The second-order valence-corrected chi connectivity index (χ2v) is 6.65. The predicted octanol–water partition coefficient (Wildman–Crippen LogP) is 3.28. The monoisotopic (exact) mass is 252 g/mol. The summed E-state index contributed by atoms with van der Waals surface area (Å²) in [6.07, 6.45) is 10.1. The Morgan fingerprint density at radius 3 is 2.67 bits per heavy atom. The summed E-state index contributed by atoms with van der Waals surface area (Å²) in [5, 5.41) is 3.71. The Hall–Kier alpha value is -0.0800. The van der Waals surface area contributed by atoms with Crippen LogP contribution in [0.3, 0.4) is 0 Å². The van der Waals surface area contributed by atoms with E-state index in [1.54, 1.807) is 0 Å². The van der Waals surface area contributed by atoms with Gasteiger partial charge in [-0.3, -0.25) is 0 Å². The Balaban J connectivity index is 1.74. The third-order valence-electron chi connectivity index (χ3n) is 4.94. The van der Waals surface area contributed by atoms with Gasteiger partial charge in [0.2, 0.25) is 0 Å².